The van der Waals surface area contributed by atoms with Crippen molar-refractivity contribution in [3.8, 4) is 11.3 Å². The summed E-state index contributed by atoms with van der Waals surface area (Å²) in [5.74, 6) is 1.05. The lowest BCUT2D eigenvalue weighted by molar-refractivity contribution is 0.141. The van der Waals surface area contributed by atoms with Gasteiger partial charge in [0, 0.05) is 30.9 Å². The van der Waals surface area contributed by atoms with E-state index < -0.39 is 0 Å². The molecule has 0 bridgehead atoms. The topological polar surface area (TPSA) is 143 Å². The Hall–Kier alpha value is -2.49. The summed E-state index contributed by atoms with van der Waals surface area (Å²) in [5, 5.41) is 17.7. The average Bonchev–Trinajstić information content (AvgIpc) is 3.24. The Bertz CT molecular complexity index is 1060. The van der Waals surface area contributed by atoms with Crippen molar-refractivity contribution in [3.05, 3.63) is 23.5 Å². The first kappa shape index (κ1) is 18.5. The van der Waals surface area contributed by atoms with Crippen LogP contribution < -0.4 is 16.4 Å². The smallest absolute Gasteiger partial charge is 0.202 e. The first-order valence-electron chi connectivity index (χ1n) is 9.77. The predicted molar refractivity (Wildman–Crippen MR) is 111 cm³/mol. The molecule has 0 unspecified atom stereocenters. The van der Waals surface area contributed by atoms with E-state index in [1.807, 2.05) is 0 Å². The second-order valence-electron chi connectivity index (χ2n) is 8.11. The van der Waals surface area contributed by atoms with Gasteiger partial charge in [0.2, 0.25) is 5.65 Å². The van der Waals surface area contributed by atoms with Crippen LogP contribution in [0.3, 0.4) is 0 Å². The third kappa shape index (κ3) is 3.00. The molecule has 1 saturated heterocycles. The number of aromatic amines is 1. The van der Waals surface area contributed by atoms with Gasteiger partial charge >= 0.3 is 0 Å². The number of aliphatic hydroxyl groups is 1. The van der Waals surface area contributed by atoms with Gasteiger partial charge in [-0.25, -0.2) is 15.0 Å². The molecular formula is C19H23ClN8O. The van der Waals surface area contributed by atoms with Crippen LogP contribution in [0.25, 0.3) is 22.4 Å². The zero-order chi connectivity index (χ0) is 20.2. The number of nitrogens with two attached hydrogens (primary N) is 2. The summed E-state index contributed by atoms with van der Waals surface area (Å²) in [5.41, 5.74) is 14.7. The van der Waals surface area contributed by atoms with Crippen molar-refractivity contribution in [3.63, 3.8) is 0 Å². The standard InChI is InChI=1S/C19H23ClN8O/c20-14-11(1-4-23-17(14)22)15-16-18(27-26-15)25-13(9-24-16)28-5-2-19(3-6-28)8-10(29)7-12(19)21/h1,4,9-10,12,29H,2-3,5-8,21H2,(H2,22,23)(H,25,26,27)/t10-,12-/m1/s1. The molecule has 1 aliphatic carbocycles. The first-order chi connectivity index (χ1) is 14.0. The number of hydrogen-bond acceptors (Lipinski definition) is 8. The van der Waals surface area contributed by atoms with Gasteiger partial charge in [-0.3, -0.25) is 5.10 Å². The zero-order valence-electron chi connectivity index (χ0n) is 15.8. The lowest BCUT2D eigenvalue weighted by atomic mass is 9.74. The third-order valence-electron chi connectivity index (χ3n) is 6.48. The van der Waals surface area contributed by atoms with Gasteiger partial charge < -0.3 is 21.5 Å². The largest absolute Gasteiger partial charge is 0.393 e. The van der Waals surface area contributed by atoms with Crippen molar-refractivity contribution >= 4 is 34.4 Å². The summed E-state index contributed by atoms with van der Waals surface area (Å²) in [6, 6.07) is 1.84. The molecule has 4 heterocycles. The van der Waals surface area contributed by atoms with Crippen molar-refractivity contribution in [2.75, 3.05) is 23.7 Å². The highest BCUT2D eigenvalue weighted by atomic mass is 35.5. The number of piperidine rings is 1. The van der Waals surface area contributed by atoms with E-state index in [4.69, 9.17) is 28.1 Å². The maximum Gasteiger partial charge on any atom is 0.202 e. The van der Waals surface area contributed by atoms with Crippen LogP contribution in [-0.4, -0.2) is 55.5 Å². The van der Waals surface area contributed by atoms with Crippen LogP contribution in [0.15, 0.2) is 18.5 Å². The molecule has 2 fully saturated rings. The number of hydrogen-bond donors (Lipinski definition) is 4. The minimum Gasteiger partial charge on any atom is -0.393 e. The second kappa shape index (κ2) is 6.79. The SMILES string of the molecule is Nc1nccc(-c2[nH]nc3nc(N4CCC5(CC4)C[C@H](O)C[C@H]5N)cnc23)c1Cl. The van der Waals surface area contributed by atoms with Gasteiger partial charge in [-0.2, -0.15) is 5.10 Å². The highest BCUT2D eigenvalue weighted by Gasteiger charge is 2.46. The molecule has 1 spiro atoms. The summed E-state index contributed by atoms with van der Waals surface area (Å²) >= 11 is 6.30. The van der Waals surface area contributed by atoms with E-state index in [1.165, 1.54) is 0 Å². The lowest BCUT2D eigenvalue weighted by Crippen LogP contribution is -2.47. The van der Waals surface area contributed by atoms with Crippen LogP contribution in [0.1, 0.15) is 25.7 Å². The number of H-pyrrole nitrogens is 1. The second-order valence-corrected chi connectivity index (χ2v) is 8.48. The Labute approximate surface area is 172 Å². The van der Waals surface area contributed by atoms with Gasteiger partial charge in [0.05, 0.1) is 23.0 Å². The normalized spacial score (nSPS) is 23.9. The summed E-state index contributed by atoms with van der Waals surface area (Å²) in [4.78, 5) is 15.5. The number of nitrogens with zero attached hydrogens (tertiary/aromatic N) is 5. The molecule has 5 rings (SSSR count). The van der Waals surface area contributed by atoms with Crippen molar-refractivity contribution in [2.45, 2.75) is 37.8 Å². The molecule has 3 aromatic rings. The Kier molecular flexibility index (Phi) is 4.34. The van der Waals surface area contributed by atoms with Gasteiger partial charge in [-0.15, -0.1) is 0 Å². The molecule has 29 heavy (non-hydrogen) atoms. The molecule has 0 aromatic carbocycles. The highest BCUT2D eigenvalue weighted by Crippen LogP contribution is 2.46. The fourth-order valence-corrected chi connectivity index (χ4v) is 4.99. The lowest BCUT2D eigenvalue weighted by Gasteiger charge is -2.42. The van der Waals surface area contributed by atoms with E-state index in [-0.39, 0.29) is 23.4 Å². The highest BCUT2D eigenvalue weighted by molar-refractivity contribution is 6.35. The van der Waals surface area contributed by atoms with Crippen molar-refractivity contribution in [1.29, 1.82) is 0 Å². The minimum absolute atomic E-state index is 0.0466. The minimum atomic E-state index is -0.274. The number of fused-ring (bicyclic) bond motifs is 1. The summed E-state index contributed by atoms with van der Waals surface area (Å²) in [6.45, 7) is 1.68. The van der Waals surface area contributed by atoms with Crippen molar-refractivity contribution < 1.29 is 5.11 Å². The van der Waals surface area contributed by atoms with E-state index in [1.54, 1.807) is 18.5 Å². The summed E-state index contributed by atoms with van der Waals surface area (Å²) < 4.78 is 0. The number of aromatic nitrogens is 5. The Morgan fingerprint density at radius 2 is 2.07 bits per heavy atom. The van der Waals surface area contributed by atoms with Crippen LogP contribution in [0, 0.1) is 5.41 Å². The van der Waals surface area contributed by atoms with Gasteiger partial charge in [-0.1, -0.05) is 11.6 Å². The zero-order valence-corrected chi connectivity index (χ0v) is 16.6. The van der Waals surface area contributed by atoms with Crippen LogP contribution >= 0.6 is 11.6 Å². The average molecular weight is 415 g/mol. The predicted octanol–water partition coefficient (Wildman–Crippen LogP) is 1.72. The van der Waals surface area contributed by atoms with Gasteiger partial charge in [-0.05, 0) is 37.2 Å². The fourth-order valence-electron chi connectivity index (χ4n) is 4.78. The molecule has 0 radical (unpaired) electrons. The molecule has 10 heteroatoms. The number of rotatable bonds is 2. The Morgan fingerprint density at radius 3 is 2.79 bits per heavy atom. The van der Waals surface area contributed by atoms with Crippen LogP contribution in [0.2, 0.25) is 5.02 Å². The van der Waals surface area contributed by atoms with E-state index in [0.717, 1.165) is 38.2 Å². The molecule has 1 saturated carbocycles. The third-order valence-corrected chi connectivity index (χ3v) is 6.87. The number of pyridine rings is 1. The van der Waals surface area contributed by atoms with Crippen molar-refractivity contribution in [1.82, 2.24) is 25.1 Å². The van der Waals surface area contributed by atoms with Crippen LogP contribution in [-0.2, 0) is 0 Å². The number of aliphatic hydroxyl groups excluding tert-OH is 1. The van der Waals surface area contributed by atoms with E-state index in [0.29, 0.717) is 33.9 Å². The monoisotopic (exact) mass is 414 g/mol. The molecule has 2 atom stereocenters. The van der Waals surface area contributed by atoms with E-state index in [2.05, 4.69) is 25.1 Å². The molecule has 2 aliphatic rings. The number of anilines is 2. The molecule has 152 valence electrons. The van der Waals surface area contributed by atoms with E-state index in [9.17, 15) is 5.11 Å². The fraction of sp³-hybridized carbons (Fsp3) is 0.474. The molecule has 3 aromatic heterocycles. The Morgan fingerprint density at radius 1 is 1.28 bits per heavy atom. The molecule has 9 nitrogen and oxygen atoms in total. The molecule has 1 aliphatic heterocycles. The maximum atomic E-state index is 10.0. The maximum absolute atomic E-state index is 10.0. The molecule has 0 amide bonds. The van der Waals surface area contributed by atoms with Gasteiger partial charge in [0.25, 0.3) is 0 Å². The number of nitrogens with one attached hydrogen (secondary N) is 1. The molecular weight excluding hydrogens is 392 g/mol. The number of nitrogen functional groups attached to an aromatic ring is 1. The van der Waals surface area contributed by atoms with Gasteiger partial charge in [0.1, 0.15) is 17.2 Å². The first-order valence-corrected chi connectivity index (χ1v) is 10.1. The van der Waals surface area contributed by atoms with Crippen LogP contribution in [0.4, 0.5) is 11.6 Å². The summed E-state index contributed by atoms with van der Waals surface area (Å²) in [6.07, 6.45) is 6.48. The van der Waals surface area contributed by atoms with Crippen LogP contribution in [0.5, 0.6) is 0 Å². The molecule has 6 N–H and O–H groups in total. The summed E-state index contributed by atoms with van der Waals surface area (Å²) in [7, 11) is 0. The van der Waals surface area contributed by atoms with Crippen molar-refractivity contribution in [2.24, 2.45) is 11.1 Å². The quantitative estimate of drug-likeness (QED) is 0.496. The number of halogens is 1. The van der Waals surface area contributed by atoms with E-state index >= 15 is 0 Å². The van der Waals surface area contributed by atoms with Gasteiger partial charge in [0.15, 0.2) is 0 Å². The Balaban J connectivity index is 1.40.